The van der Waals surface area contributed by atoms with E-state index in [2.05, 4.69) is 19.8 Å². The highest BCUT2D eigenvalue weighted by Gasteiger charge is 2.45. The molecular formula is C29H30Cl2N4O4S. The molecule has 210 valence electrons. The fourth-order valence-corrected chi connectivity index (χ4v) is 8.13. The number of sulfonamides is 1. The van der Waals surface area contributed by atoms with Crippen molar-refractivity contribution in [1.82, 2.24) is 14.9 Å². The van der Waals surface area contributed by atoms with Crippen LogP contribution in [0.1, 0.15) is 66.1 Å². The van der Waals surface area contributed by atoms with Gasteiger partial charge in [-0.25, -0.2) is 13.1 Å². The van der Waals surface area contributed by atoms with Crippen LogP contribution in [0, 0.1) is 5.92 Å². The summed E-state index contributed by atoms with van der Waals surface area (Å²) in [4.78, 5) is 14.8. The third kappa shape index (κ3) is 5.13. The van der Waals surface area contributed by atoms with Crippen LogP contribution in [-0.4, -0.2) is 48.5 Å². The lowest BCUT2D eigenvalue weighted by Crippen LogP contribution is -2.38. The zero-order valence-electron chi connectivity index (χ0n) is 21.8. The Morgan fingerprint density at radius 2 is 1.77 bits per heavy atom. The average molecular weight is 602 g/mol. The second-order valence-electron chi connectivity index (χ2n) is 11.5. The number of hydrogen-bond acceptors (Lipinski definition) is 6. The van der Waals surface area contributed by atoms with E-state index in [-0.39, 0.29) is 6.10 Å². The number of ether oxygens (including phenoxy) is 1. The van der Waals surface area contributed by atoms with Gasteiger partial charge in [-0.05, 0) is 92.5 Å². The quantitative estimate of drug-likeness (QED) is 0.328. The maximum atomic E-state index is 12.4. The van der Waals surface area contributed by atoms with Crippen LogP contribution < -0.4 is 9.62 Å². The van der Waals surface area contributed by atoms with Crippen LogP contribution in [0.4, 0.5) is 5.69 Å². The normalized spacial score (nSPS) is 24.1. The summed E-state index contributed by atoms with van der Waals surface area (Å²) in [7, 11) is -3.56. The highest BCUT2D eigenvalue weighted by atomic mass is 35.5. The number of halogens is 2. The number of nitrogens with one attached hydrogen (secondary N) is 2. The SMILES string of the molecule is O=C(NS(=O)(=O)C1CC1)c1ccc(N2C[C@@H]3C[C@H]2C[C@H]3OCc2cc(-c3c(Cl)cc(C4CC4)cc3Cl)n[nH]2)cc1. The molecule has 7 rings (SSSR count). The molecule has 3 aliphatic carbocycles. The molecule has 0 radical (unpaired) electrons. The molecule has 4 aliphatic rings. The summed E-state index contributed by atoms with van der Waals surface area (Å²) >= 11 is 13.2. The van der Waals surface area contributed by atoms with Crippen molar-refractivity contribution in [2.45, 2.75) is 68.4 Å². The Hall–Kier alpha value is -2.59. The number of aromatic nitrogens is 2. The lowest BCUT2D eigenvalue weighted by atomic mass is 10.0. The van der Waals surface area contributed by atoms with Crippen LogP contribution in [0.15, 0.2) is 42.5 Å². The Morgan fingerprint density at radius 1 is 1.05 bits per heavy atom. The summed E-state index contributed by atoms with van der Waals surface area (Å²) in [6, 6.07) is 13.5. The van der Waals surface area contributed by atoms with Crippen LogP contribution >= 0.6 is 23.2 Å². The van der Waals surface area contributed by atoms with Crippen molar-refractivity contribution < 1.29 is 17.9 Å². The van der Waals surface area contributed by atoms with Gasteiger partial charge in [0.05, 0.1) is 39.4 Å². The molecule has 0 unspecified atom stereocenters. The summed E-state index contributed by atoms with van der Waals surface area (Å²) in [5.41, 5.74) is 4.93. The first-order chi connectivity index (χ1) is 19.2. The lowest BCUT2D eigenvalue weighted by molar-refractivity contribution is 0.0111. The van der Waals surface area contributed by atoms with E-state index in [1.54, 1.807) is 12.1 Å². The van der Waals surface area contributed by atoms with Gasteiger partial charge < -0.3 is 9.64 Å². The van der Waals surface area contributed by atoms with Crippen molar-refractivity contribution in [3.63, 3.8) is 0 Å². The number of fused-ring (bicyclic) bond motifs is 2. The number of H-pyrrole nitrogens is 1. The zero-order valence-corrected chi connectivity index (χ0v) is 24.1. The van der Waals surface area contributed by atoms with E-state index in [9.17, 15) is 13.2 Å². The van der Waals surface area contributed by atoms with E-state index >= 15 is 0 Å². The number of aromatic amines is 1. The maximum absolute atomic E-state index is 12.4. The van der Waals surface area contributed by atoms with Crippen molar-refractivity contribution >= 4 is 44.8 Å². The van der Waals surface area contributed by atoms with Crippen LogP contribution in [0.3, 0.4) is 0 Å². The number of nitrogens with zero attached hydrogens (tertiary/aromatic N) is 2. The molecule has 1 aliphatic heterocycles. The number of piperidine rings is 1. The van der Waals surface area contributed by atoms with Crippen molar-refractivity contribution in [3.05, 3.63) is 69.3 Å². The molecule has 2 bridgehead atoms. The number of benzene rings is 2. The standard InChI is InChI=1S/C29H30Cl2N4O4S/c30-24-10-18(16-1-2-16)11-25(31)28(24)26-12-20(32-33-26)15-39-27-13-22-9-19(27)14-35(22)21-5-3-17(4-6-21)29(36)34-40(37,38)23-7-8-23/h3-6,10-12,16,19,22-23,27H,1-2,7-9,13-15H2,(H,32,33)(H,34,36)/t19-,22-,27+/m0/s1. The smallest absolute Gasteiger partial charge is 0.264 e. The predicted molar refractivity (Wildman–Crippen MR) is 154 cm³/mol. The highest BCUT2D eigenvalue weighted by molar-refractivity contribution is 7.91. The molecule has 2 aromatic carbocycles. The maximum Gasteiger partial charge on any atom is 0.264 e. The number of hydrogen-bond donors (Lipinski definition) is 2. The second kappa shape index (κ2) is 10.0. The summed E-state index contributed by atoms with van der Waals surface area (Å²) in [5, 5.41) is 8.34. The summed E-state index contributed by atoms with van der Waals surface area (Å²) in [6.45, 7) is 1.31. The van der Waals surface area contributed by atoms with E-state index in [1.165, 1.54) is 18.4 Å². The van der Waals surface area contributed by atoms with E-state index in [0.29, 0.717) is 52.9 Å². The van der Waals surface area contributed by atoms with Gasteiger partial charge in [0.25, 0.3) is 5.91 Å². The number of carbonyl (C=O) groups is 1. The molecule has 1 amide bonds. The molecule has 0 spiro atoms. The number of rotatable bonds is 9. The van der Waals surface area contributed by atoms with Gasteiger partial charge in [-0.2, -0.15) is 5.10 Å². The van der Waals surface area contributed by atoms with Gasteiger partial charge in [-0.15, -0.1) is 0 Å². The minimum Gasteiger partial charge on any atom is -0.372 e. The molecule has 40 heavy (non-hydrogen) atoms. The lowest BCUT2D eigenvalue weighted by Gasteiger charge is -2.33. The van der Waals surface area contributed by atoms with E-state index < -0.39 is 21.2 Å². The molecule has 4 fully saturated rings. The number of carbonyl (C=O) groups excluding carboxylic acids is 1. The van der Waals surface area contributed by atoms with Crippen molar-refractivity contribution in [2.24, 2.45) is 5.92 Å². The van der Waals surface area contributed by atoms with E-state index in [4.69, 9.17) is 27.9 Å². The fraction of sp³-hybridized carbons (Fsp3) is 0.448. The Kier molecular flexibility index (Phi) is 6.61. The number of anilines is 1. The molecular weight excluding hydrogens is 571 g/mol. The van der Waals surface area contributed by atoms with Crippen molar-refractivity contribution in [3.8, 4) is 11.3 Å². The molecule has 3 atom stereocenters. The monoisotopic (exact) mass is 600 g/mol. The van der Waals surface area contributed by atoms with Gasteiger partial charge in [-0.3, -0.25) is 9.89 Å². The fourth-order valence-electron chi connectivity index (χ4n) is 6.13. The van der Waals surface area contributed by atoms with Crippen molar-refractivity contribution in [1.29, 1.82) is 0 Å². The Labute approximate surface area is 243 Å². The third-order valence-corrected chi connectivity index (χ3v) is 11.0. The highest BCUT2D eigenvalue weighted by Crippen LogP contribution is 2.45. The molecule has 11 heteroatoms. The molecule has 1 saturated heterocycles. The Balaban J connectivity index is 0.941. The van der Waals surface area contributed by atoms with Gasteiger partial charge in [-0.1, -0.05) is 23.2 Å². The van der Waals surface area contributed by atoms with Crippen LogP contribution in [0.2, 0.25) is 10.0 Å². The first-order valence-electron chi connectivity index (χ1n) is 13.8. The second-order valence-corrected chi connectivity index (χ2v) is 14.3. The Bertz CT molecular complexity index is 1540. The molecule has 3 aromatic rings. The molecule has 3 saturated carbocycles. The largest absolute Gasteiger partial charge is 0.372 e. The molecule has 2 heterocycles. The van der Waals surface area contributed by atoms with Gasteiger partial charge in [0.15, 0.2) is 0 Å². The van der Waals surface area contributed by atoms with Crippen molar-refractivity contribution in [2.75, 3.05) is 11.4 Å². The average Bonchev–Trinajstić information content (AvgIpc) is 3.85. The van der Waals surface area contributed by atoms with Gasteiger partial charge in [0.2, 0.25) is 10.0 Å². The van der Waals surface area contributed by atoms with Crippen LogP contribution in [-0.2, 0) is 21.4 Å². The molecule has 1 aromatic heterocycles. The Morgan fingerprint density at radius 3 is 2.40 bits per heavy atom. The number of amides is 1. The summed E-state index contributed by atoms with van der Waals surface area (Å²) in [5.74, 6) is 0.419. The zero-order chi connectivity index (χ0) is 27.6. The minimum absolute atomic E-state index is 0.163. The van der Waals surface area contributed by atoms with Gasteiger partial charge in [0.1, 0.15) is 0 Å². The summed E-state index contributed by atoms with van der Waals surface area (Å²) in [6.07, 6.45) is 5.76. The van der Waals surface area contributed by atoms with Gasteiger partial charge in [0, 0.05) is 35.3 Å². The summed E-state index contributed by atoms with van der Waals surface area (Å²) < 4.78 is 32.7. The van der Waals surface area contributed by atoms with Gasteiger partial charge >= 0.3 is 0 Å². The van der Waals surface area contributed by atoms with Crippen LogP contribution in [0.5, 0.6) is 0 Å². The third-order valence-electron chi connectivity index (χ3n) is 8.59. The first kappa shape index (κ1) is 26.3. The first-order valence-corrected chi connectivity index (χ1v) is 16.1. The predicted octanol–water partition coefficient (Wildman–Crippen LogP) is 5.67. The van der Waals surface area contributed by atoms with E-state index in [0.717, 1.165) is 42.0 Å². The minimum atomic E-state index is -3.56. The topological polar surface area (TPSA) is 104 Å². The van der Waals surface area contributed by atoms with Crippen LogP contribution in [0.25, 0.3) is 11.3 Å². The molecule has 2 N–H and O–H groups in total. The molecule has 8 nitrogen and oxygen atoms in total. The van der Waals surface area contributed by atoms with E-state index in [1.807, 2.05) is 30.3 Å².